The second-order valence-electron chi connectivity index (χ2n) is 4.72. The summed E-state index contributed by atoms with van der Waals surface area (Å²) in [5, 5.41) is 0. The normalized spacial score (nSPS) is 20.1. The molecule has 90 valence electrons. The number of nitrogens with zero attached hydrogens (tertiary/aromatic N) is 1. The van der Waals surface area contributed by atoms with E-state index in [0.29, 0.717) is 6.79 Å². The van der Waals surface area contributed by atoms with Gasteiger partial charge in [-0.2, -0.15) is 0 Å². The summed E-state index contributed by atoms with van der Waals surface area (Å²) in [5.41, 5.74) is 5.08. The lowest BCUT2D eigenvalue weighted by Crippen LogP contribution is -1.99. The fourth-order valence-corrected chi connectivity index (χ4v) is 2.78. The monoisotopic (exact) mass is 239 g/mol. The Morgan fingerprint density at radius 2 is 2.00 bits per heavy atom. The average Bonchev–Trinajstić information content (AvgIpc) is 3.05. The molecule has 4 rings (SSSR count). The van der Waals surface area contributed by atoms with E-state index in [1.165, 1.54) is 28.8 Å². The lowest BCUT2D eigenvalue weighted by molar-refractivity contribution is 0.174. The number of allylic oxidation sites excluding steroid dienone is 3. The minimum Gasteiger partial charge on any atom is -0.454 e. The molecule has 3 aliphatic rings. The van der Waals surface area contributed by atoms with Crippen LogP contribution >= 0.6 is 0 Å². The third-order valence-electron chi connectivity index (χ3n) is 3.66. The zero-order valence-electron chi connectivity index (χ0n) is 9.98. The summed E-state index contributed by atoms with van der Waals surface area (Å²) in [6, 6.07) is 6.16. The van der Waals surface area contributed by atoms with E-state index < -0.39 is 0 Å². The van der Waals surface area contributed by atoms with Crippen molar-refractivity contribution in [1.82, 2.24) is 0 Å². The Hall–Kier alpha value is -2.03. The molecule has 0 saturated carbocycles. The molecule has 0 fully saturated rings. The van der Waals surface area contributed by atoms with Crippen molar-refractivity contribution >= 4 is 11.8 Å². The van der Waals surface area contributed by atoms with Crippen LogP contribution in [0.4, 0.5) is 0 Å². The molecule has 0 unspecified atom stereocenters. The minimum absolute atomic E-state index is 0.327. The molecule has 1 aromatic rings. The van der Waals surface area contributed by atoms with Crippen molar-refractivity contribution in [3.63, 3.8) is 0 Å². The number of rotatable bonds is 1. The second kappa shape index (κ2) is 3.73. The van der Waals surface area contributed by atoms with Crippen LogP contribution in [-0.4, -0.2) is 13.0 Å². The molecule has 0 atom stereocenters. The van der Waals surface area contributed by atoms with Crippen molar-refractivity contribution < 1.29 is 9.47 Å². The molecule has 1 aliphatic carbocycles. The van der Waals surface area contributed by atoms with Crippen LogP contribution in [0.25, 0.3) is 5.57 Å². The first kappa shape index (κ1) is 9.95. The predicted octanol–water partition coefficient (Wildman–Crippen LogP) is 3.32. The number of aliphatic imine (C=N–C) groups is 1. The van der Waals surface area contributed by atoms with Crippen molar-refractivity contribution in [3.8, 4) is 11.5 Å². The molecule has 3 heteroatoms. The molecule has 0 saturated heterocycles. The van der Waals surface area contributed by atoms with Crippen molar-refractivity contribution in [2.45, 2.75) is 19.3 Å². The number of fused-ring (bicyclic) bond motifs is 2. The van der Waals surface area contributed by atoms with E-state index in [1.54, 1.807) is 0 Å². The van der Waals surface area contributed by atoms with Crippen LogP contribution in [0.5, 0.6) is 11.5 Å². The molecule has 0 bridgehead atoms. The van der Waals surface area contributed by atoms with Gasteiger partial charge in [-0.15, -0.1) is 0 Å². The first-order valence-electron chi connectivity index (χ1n) is 6.28. The lowest BCUT2D eigenvalue weighted by Gasteiger charge is -2.18. The SMILES string of the molecule is C1=NC2=C(c3ccc4c(c3)OCO4)CCCC2=C1. The summed E-state index contributed by atoms with van der Waals surface area (Å²) >= 11 is 0. The fraction of sp³-hybridized carbons (Fsp3) is 0.267. The van der Waals surface area contributed by atoms with Crippen LogP contribution in [-0.2, 0) is 0 Å². The Labute approximate surface area is 105 Å². The van der Waals surface area contributed by atoms with Crippen LogP contribution in [0.3, 0.4) is 0 Å². The first-order valence-corrected chi connectivity index (χ1v) is 6.28. The van der Waals surface area contributed by atoms with Crippen LogP contribution in [0, 0.1) is 0 Å². The maximum Gasteiger partial charge on any atom is 0.231 e. The maximum atomic E-state index is 5.44. The van der Waals surface area contributed by atoms with E-state index in [2.05, 4.69) is 23.2 Å². The van der Waals surface area contributed by atoms with E-state index in [-0.39, 0.29) is 0 Å². The van der Waals surface area contributed by atoms with E-state index in [1.807, 2.05) is 12.3 Å². The van der Waals surface area contributed by atoms with Gasteiger partial charge in [0.25, 0.3) is 0 Å². The number of hydrogen-bond donors (Lipinski definition) is 0. The highest BCUT2D eigenvalue weighted by molar-refractivity contribution is 5.86. The molecular weight excluding hydrogens is 226 g/mol. The highest BCUT2D eigenvalue weighted by Gasteiger charge is 2.22. The van der Waals surface area contributed by atoms with Crippen molar-refractivity contribution in [3.05, 3.63) is 41.1 Å². The molecular formula is C15H13NO2. The summed E-state index contributed by atoms with van der Waals surface area (Å²) in [6.45, 7) is 0.327. The first-order chi connectivity index (χ1) is 8.92. The van der Waals surface area contributed by atoms with Crippen LogP contribution in [0.1, 0.15) is 24.8 Å². The van der Waals surface area contributed by atoms with Gasteiger partial charge in [0.2, 0.25) is 6.79 Å². The van der Waals surface area contributed by atoms with Gasteiger partial charge in [-0.25, -0.2) is 0 Å². The zero-order chi connectivity index (χ0) is 11.9. The Balaban J connectivity index is 1.83. The van der Waals surface area contributed by atoms with Gasteiger partial charge in [-0.1, -0.05) is 6.07 Å². The Bertz CT molecular complexity index is 611. The highest BCUT2D eigenvalue weighted by Crippen LogP contribution is 2.41. The Kier molecular flexibility index (Phi) is 2.06. The molecule has 2 heterocycles. The van der Waals surface area contributed by atoms with Crippen LogP contribution in [0.2, 0.25) is 0 Å². The van der Waals surface area contributed by atoms with Gasteiger partial charge in [-0.3, -0.25) is 4.99 Å². The number of benzene rings is 1. The number of ether oxygens (including phenoxy) is 2. The molecule has 1 aromatic carbocycles. The van der Waals surface area contributed by atoms with Gasteiger partial charge in [0.1, 0.15) is 0 Å². The predicted molar refractivity (Wildman–Crippen MR) is 69.9 cm³/mol. The van der Waals surface area contributed by atoms with E-state index >= 15 is 0 Å². The van der Waals surface area contributed by atoms with Crippen LogP contribution in [0.15, 0.2) is 40.5 Å². The summed E-state index contributed by atoms with van der Waals surface area (Å²) in [7, 11) is 0. The zero-order valence-corrected chi connectivity index (χ0v) is 9.98. The summed E-state index contributed by atoms with van der Waals surface area (Å²) < 4.78 is 10.8. The topological polar surface area (TPSA) is 30.8 Å². The second-order valence-corrected chi connectivity index (χ2v) is 4.72. The number of hydrogen-bond acceptors (Lipinski definition) is 3. The quantitative estimate of drug-likeness (QED) is 0.752. The van der Waals surface area contributed by atoms with Gasteiger partial charge in [0, 0.05) is 6.21 Å². The highest BCUT2D eigenvalue weighted by atomic mass is 16.7. The Morgan fingerprint density at radius 1 is 1.06 bits per heavy atom. The van der Waals surface area contributed by atoms with Crippen molar-refractivity contribution in [2.24, 2.45) is 4.99 Å². The van der Waals surface area contributed by atoms with Gasteiger partial charge in [0.05, 0.1) is 5.70 Å². The van der Waals surface area contributed by atoms with Crippen molar-refractivity contribution in [1.29, 1.82) is 0 Å². The molecule has 0 amide bonds. The largest absolute Gasteiger partial charge is 0.454 e. The molecule has 0 aromatic heterocycles. The molecule has 3 nitrogen and oxygen atoms in total. The lowest BCUT2D eigenvalue weighted by atomic mass is 9.88. The standard InChI is InChI=1S/C15H13NO2/c1-2-10-6-7-16-15(10)12(3-1)11-4-5-13-14(8-11)18-9-17-13/h4-8H,1-3,9H2. The van der Waals surface area contributed by atoms with Crippen molar-refractivity contribution in [2.75, 3.05) is 6.79 Å². The molecule has 0 N–H and O–H groups in total. The fourth-order valence-electron chi connectivity index (χ4n) is 2.78. The van der Waals surface area contributed by atoms with Crippen LogP contribution < -0.4 is 9.47 Å². The molecule has 2 aliphatic heterocycles. The smallest absolute Gasteiger partial charge is 0.231 e. The average molecular weight is 239 g/mol. The molecule has 18 heavy (non-hydrogen) atoms. The van der Waals surface area contributed by atoms with E-state index in [0.717, 1.165) is 24.3 Å². The molecule has 0 radical (unpaired) electrons. The summed E-state index contributed by atoms with van der Waals surface area (Å²) in [5.74, 6) is 1.68. The summed E-state index contributed by atoms with van der Waals surface area (Å²) in [6.07, 6.45) is 7.46. The molecule has 0 spiro atoms. The maximum absolute atomic E-state index is 5.44. The third kappa shape index (κ3) is 1.40. The van der Waals surface area contributed by atoms with Gasteiger partial charge in [-0.05, 0) is 54.2 Å². The van der Waals surface area contributed by atoms with Gasteiger partial charge in [0.15, 0.2) is 11.5 Å². The van der Waals surface area contributed by atoms with Gasteiger partial charge < -0.3 is 9.47 Å². The minimum atomic E-state index is 0.327. The van der Waals surface area contributed by atoms with E-state index in [4.69, 9.17) is 9.47 Å². The summed E-state index contributed by atoms with van der Waals surface area (Å²) in [4.78, 5) is 4.50. The van der Waals surface area contributed by atoms with Gasteiger partial charge >= 0.3 is 0 Å². The third-order valence-corrected chi connectivity index (χ3v) is 3.66. The van der Waals surface area contributed by atoms with E-state index in [9.17, 15) is 0 Å². The Morgan fingerprint density at radius 3 is 3.00 bits per heavy atom.